The third-order valence-electron chi connectivity index (χ3n) is 2.92. The number of likely N-dealkylation sites (tertiary alicyclic amines) is 1. The molecular formula is C13H18N2O. The predicted octanol–water partition coefficient (Wildman–Crippen LogP) is 2.49. The molecule has 1 aliphatic rings. The Balaban J connectivity index is 2.04. The van der Waals surface area contributed by atoms with Crippen molar-refractivity contribution in [3.8, 4) is 5.75 Å². The molecule has 0 spiro atoms. The van der Waals surface area contributed by atoms with E-state index in [9.17, 15) is 0 Å². The van der Waals surface area contributed by atoms with Gasteiger partial charge in [-0.1, -0.05) is 0 Å². The van der Waals surface area contributed by atoms with Crippen LogP contribution in [-0.4, -0.2) is 37.9 Å². The lowest BCUT2D eigenvalue weighted by molar-refractivity contribution is 0.336. The average Bonchev–Trinajstić information content (AvgIpc) is 2.33. The average molecular weight is 218 g/mol. The first-order valence-electron chi connectivity index (χ1n) is 5.67. The Hall–Kier alpha value is -1.35. The molecule has 0 aromatic heterocycles. The summed E-state index contributed by atoms with van der Waals surface area (Å²) in [5.41, 5.74) is 2.34. The van der Waals surface area contributed by atoms with Gasteiger partial charge in [0.05, 0.1) is 12.8 Å². The van der Waals surface area contributed by atoms with E-state index in [0.29, 0.717) is 0 Å². The van der Waals surface area contributed by atoms with Gasteiger partial charge in [-0.15, -0.1) is 0 Å². The number of hydrogen-bond acceptors (Lipinski definition) is 3. The fraction of sp³-hybridized carbons (Fsp3) is 0.462. The number of nitrogens with zero attached hydrogens (tertiary/aromatic N) is 2. The second-order valence-corrected chi connectivity index (χ2v) is 4.18. The van der Waals surface area contributed by atoms with Crippen LogP contribution in [0.1, 0.15) is 12.8 Å². The predicted molar refractivity (Wildman–Crippen MR) is 66.8 cm³/mol. The lowest BCUT2D eigenvalue weighted by atomic mass is 10.1. The van der Waals surface area contributed by atoms with E-state index in [2.05, 4.69) is 16.9 Å². The largest absolute Gasteiger partial charge is 0.497 e. The highest BCUT2D eigenvalue weighted by atomic mass is 16.5. The molecule has 1 aliphatic heterocycles. The zero-order valence-corrected chi connectivity index (χ0v) is 9.94. The van der Waals surface area contributed by atoms with Crippen LogP contribution in [0.3, 0.4) is 0 Å². The zero-order chi connectivity index (χ0) is 11.4. The van der Waals surface area contributed by atoms with Gasteiger partial charge >= 0.3 is 0 Å². The maximum absolute atomic E-state index is 5.12. The number of hydrogen-bond donors (Lipinski definition) is 0. The molecular weight excluding hydrogens is 200 g/mol. The lowest BCUT2D eigenvalue weighted by Gasteiger charge is -2.23. The zero-order valence-electron chi connectivity index (χ0n) is 9.94. The van der Waals surface area contributed by atoms with Gasteiger partial charge in [-0.2, -0.15) is 0 Å². The Morgan fingerprint density at radius 3 is 2.31 bits per heavy atom. The van der Waals surface area contributed by atoms with E-state index in [0.717, 1.165) is 37.4 Å². The molecule has 1 aromatic rings. The molecule has 1 aromatic carbocycles. The van der Waals surface area contributed by atoms with Crippen LogP contribution in [0, 0.1) is 0 Å². The molecule has 3 nitrogen and oxygen atoms in total. The topological polar surface area (TPSA) is 24.8 Å². The van der Waals surface area contributed by atoms with Gasteiger partial charge in [0.15, 0.2) is 0 Å². The van der Waals surface area contributed by atoms with Crippen molar-refractivity contribution in [3.63, 3.8) is 0 Å². The molecule has 0 atom stereocenters. The van der Waals surface area contributed by atoms with E-state index >= 15 is 0 Å². The summed E-state index contributed by atoms with van der Waals surface area (Å²) in [6.07, 6.45) is 2.17. The maximum Gasteiger partial charge on any atom is 0.119 e. The Labute approximate surface area is 96.7 Å². The molecule has 0 bridgehead atoms. The molecule has 86 valence electrons. The summed E-state index contributed by atoms with van der Waals surface area (Å²) >= 11 is 0. The van der Waals surface area contributed by atoms with Crippen molar-refractivity contribution in [1.82, 2.24) is 4.90 Å². The third kappa shape index (κ3) is 2.83. The first-order chi connectivity index (χ1) is 7.78. The summed E-state index contributed by atoms with van der Waals surface area (Å²) in [5, 5.41) is 0. The summed E-state index contributed by atoms with van der Waals surface area (Å²) in [4.78, 5) is 7.00. The van der Waals surface area contributed by atoms with Crippen molar-refractivity contribution in [2.24, 2.45) is 4.99 Å². The molecule has 16 heavy (non-hydrogen) atoms. The van der Waals surface area contributed by atoms with Crippen LogP contribution < -0.4 is 4.74 Å². The second kappa shape index (κ2) is 5.12. The Bertz CT molecular complexity index is 360. The molecule has 0 radical (unpaired) electrons. The fourth-order valence-electron chi connectivity index (χ4n) is 1.83. The van der Waals surface area contributed by atoms with Gasteiger partial charge in [-0.25, -0.2) is 0 Å². The van der Waals surface area contributed by atoms with Crippen molar-refractivity contribution >= 4 is 11.4 Å². The van der Waals surface area contributed by atoms with E-state index in [1.807, 2.05) is 24.3 Å². The van der Waals surface area contributed by atoms with Crippen molar-refractivity contribution in [2.75, 3.05) is 27.2 Å². The minimum absolute atomic E-state index is 0.882. The maximum atomic E-state index is 5.12. The molecule has 0 N–H and O–H groups in total. The normalized spacial score (nSPS) is 17.2. The molecule has 0 amide bonds. The Morgan fingerprint density at radius 1 is 1.12 bits per heavy atom. The van der Waals surface area contributed by atoms with Gasteiger partial charge in [-0.05, 0) is 44.2 Å². The number of benzene rings is 1. The number of piperidine rings is 1. The molecule has 3 heteroatoms. The number of ether oxygens (including phenoxy) is 1. The first-order valence-corrected chi connectivity index (χ1v) is 5.67. The van der Waals surface area contributed by atoms with Crippen molar-refractivity contribution in [1.29, 1.82) is 0 Å². The summed E-state index contributed by atoms with van der Waals surface area (Å²) < 4.78 is 5.12. The minimum atomic E-state index is 0.882. The van der Waals surface area contributed by atoms with Gasteiger partial charge in [0.2, 0.25) is 0 Å². The fourth-order valence-corrected chi connectivity index (χ4v) is 1.83. The first kappa shape index (κ1) is 11.1. The minimum Gasteiger partial charge on any atom is -0.497 e. The van der Waals surface area contributed by atoms with Crippen LogP contribution >= 0.6 is 0 Å². The SMILES string of the molecule is COc1ccc(N=C2CCN(C)CC2)cc1. The van der Waals surface area contributed by atoms with Crippen molar-refractivity contribution < 1.29 is 4.74 Å². The third-order valence-corrected chi connectivity index (χ3v) is 2.92. The van der Waals surface area contributed by atoms with Crippen molar-refractivity contribution in [2.45, 2.75) is 12.8 Å². The number of methoxy groups -OCH3 is 1. The molecule has 0 unspecified atom stereocenters. The van der Waals surface area contributed by atoms with E-state index < -0.39 is 0 Å². The summed E-state index contributed by atoms with van der Waals surface area (Å²) in [7, 11) is 3.84. The van der Waals surface area contributed by atoms with E-state index in [1.165, 1.54) is 5.71 Å². The lowest BCUT2D eigenvalue weighted by Crippen LogP contribution is -2.30. The molecule has 1 heterocycles. The van der Waals surface area contributed by atoms with E-state index in [-0.39, 0.29) is 0 Å². The van der Waals surface area contributed by atoms with E-state index in [1.54, 1.807) is 7.11 Å². The quantitative estimate of drug-likeness (QED) is 0.762. The van der Waals surface area contributed by atoms with Gasteiger partial charge in [0.25, 0.3) is 0 Å². The van der Waals surface area contributed by atoms with Crippen LogP contribution in [0.4, 0.5) is 5.69 Å². The van der Waals surface area contributed by atoms with Gasteiger partial charge in [0, 0.05) is 18.8 Å². The highest BCUT2D eigenvalue weighted by Gasteiger charge is 2.10. The standard InChI is InChI=1S/C13H18N2O/c1-15-9-7-12(8-10-15)14-11-3-5-13(16-2)6-4-11/h3-6H,7-10H2,1-2H3. The molecule has 0 aliphatic carbocycles. The van der Waals surface area contributed by atoms with E-state index in [4.69, 9.17) is 4.74 Å². The van der Waals surface area contributed by atoms with Gasteiger partial charge in [0.1, 0.15) is 5.75 Å². The van der Waals surface area contributed by atoms with Gasteiger partial charge < -0.3 is 9.64 Å². The highest BCUT2D eigenvalue weighted by Crippen LogP contribution is 2.19. The van der Waals surface area contributed by atoms with Gasteiger partial charge in [-0.3, -0.25) is 4.99 Å². The second-order valence-electron chi connectivity index (χ2n) is 4.18. The summed E-state index contributed by atoms with van der Waals surface area (Å²) in [6.45, 7) is 2.24. The van der Waals surface area contributed by atoms with Crippen LogP contribution in [0.2, 0.25) is 0 Å². The van der Waals surface area contributed by atoms with Crippen LogP contribution in [0.5, 0.6) is 5.75 Å². The number of aliphatic imine (C=N–C) groups is 1. The summed E-state index contributed by atoms with van der Waals surface area (Å²) in [6, 6.07) is 7.91. The highest BCUT2D eigenvalue weighted by molar-refractivity contribution is 5.87. The van der Waals surface area contributed by atoms with Crippen LogP contribution in [0.15, 0.2) is 29.3 Å². The molecule has 1 saturated heterocycles. The smallest absolute Gasteiger partial charge is 0.119 e. The number of rotatable bonds is 2. The van der Waals surface area contributed by atoms with Crippen LogP contribution in [-0.2, 0) is 0 Å². The summed E-state index contributed by atoms with van der Waals surface area (Å²) in [5.74, 6) is 0.882. The monoisotopic (exact) mass is 218 g/mol. The Morgan fingerprint density at radius 2 is 1.75 bits per heavy atom. The molecule has 1 fully saturated rings. The van der Waals surface area contributed by atoms with Crippen LogP contribution in [0.25, 0.3) is 0 Å². The van der Waals surface area contributed by atoms with Crippen molar-refractivity contribution in [3.05, 3.63) is 24.3 Å². The molecule has 2 rings (SSSR count). The Kier molecular flexibility index (Phi) is 3.57. The molecule has 0 saturated carbocycles.